The van der Waals surface area contributed by atoms with Gasteiger partial charge in [0, 0.05) is 19.1 Å². The maximum atomic E-state index is 12.5. The number of carbonyl (C=O) groups is 1. The van der Waals surface area contributed by atoms with Gasteiger partial charge in [0.15, 0.2) is 0 Å². The second-order valence-corrected chi connectivity index (χ2v) is 8.82. The van der Waals surface area contributed by atoms with Gasteiger partial charge in [-0.2, -0.15) is 0 Å². The van der Waals surface area contributed by atoms with Crippen LogP contribution in [0.2, 0.25) is 0 Å². The van der Waals surface area contributed by atoms with Crippen molar-refractivity contribution in [3.63, 3.8) is 0 Å². The first kappa shape index (κ1) is 17.1. The van der Waals surface area contributed by atoms with E-state index in [2.05, 4.69) is 4.72 Å². The van der Waals surface area contributed by atoms with Crippen molar-refractivity contribution in [1.29, 1.82) is 0 Å². The Morgan fingerprint density at radius 1 is 1.25 bits per heavy atom. The minimum Gasteiger partial charge on any atom is -0.333 e. The molecule has 0 spiro atoms. The topological polar surface area (TPSA) is 66.5 Å². The maximum absolute atomic E-state index is 12.5. The highest BCUT2D eigenvalue weighted by Crippen LogP contribution is 2.24. The van der Waals surface area contributed by atoms with Gasteiger partial charge >= 0.3 is 0 Å². The van der Waals surface area contributed by atoms with E-state index in [-0.39, 0.29) is 16.8 Å². The average Bonchev–Trinajstić information content (AvgIpc) is 3.06. The van der Waals surface area contributed by atoms with E-state index >= 15 is 0 Å². The van der Waals surface area contributed by atoms with Crippen LogP contribution >= 0.6 is 11.3 Å². The van der Waals surface area contributed by atoms with Crippen LogP contribution in [0, 0.1) is 0 Å². The van der Waals surface area contributed by atoms with Gasteiger partial charge in [0.25, 0.3) is 5.91 Å². The highest BCUT2D eigenvalue weighted by atomic mass is 32.2. The highest BCUT2D eigenvalue weighted by Gasteiger charge is 2.24. The third-order valence-electron chi connectivity index (χ3n) is 3.91. The molecule has 3 rings (SSSR count). The van der Waals surface area contributed by atoms with E-state index in [1.165, 1.54) is 11.3 Å². The summed E-state index contributed by atoms with van der Waals surface area (Å²) in [7, 11) is -3.53. The molecular weight excluding hydrogens is 344 g/mol. The molecular formula is C17H20N2O3S2. The Hall–Kier alpha value is -1.70. The Balaban J connectivity index is 1.85. The van der Waals surface area contributed by atoms with Gasteiger partial charge in [0.1, 0.15) is 0 Å². The van der Waals surface area contributed by atoms with Crippen molar-refractivity contribution in [2.45, 2.75) is 37.8 Å². The number of hydrogen-bond donors (Lipinski definition) is 1. The lowest BCUT2D eigenvalue weighted by molar-refractivity contribution is 0.0739. The summed E-state index contributed by atoms with van der Waals surface area (Å²) in [5.41, 5.74) is 2.01. The Morgan fingerprint density at radius 3 is 2.71 bits per heavy atom. The summed E-state index contributed by atoms with van der Waals surface area (Å²) in [6.07, 6.45) is 0.740. The lowest BCUT2D eigenvalue weighted by atomic mass is 10.00. The number of carbonyl (C=O) groups excluding carboxylic acids is 1. The molecule has 0 atom stereocenters. The zero-order chi connectivity index (χ0) is 17.3. The standard InChI is InChI=1S/C17H20N2O3S2/c1-12(2)18-24(21,22)15-6-5-13-7-8-19(11-14(13)10-15)17(20)16-4-3-9-23-16/h3-6,9-10,12,18H,7-8,11H2,1-2H3. The van der Waals surface area contributed by atoms with Crippen molar-refractivity contribution in [3.05, 3.63) is 51.7 Å². The lowest BCUT2D eigenvalue weighted by Crippen LogP contribution is -2.36. The molecule has 0 fully saturated rings. The first-order chi connectivity index (χ1) is 11.4. The van der Waals surface area contributed by atoms with Crippen LogP contribution in [0.3, 0.4) is 0 Å². The molecule has 0 aliphatic carbocycles. The first-order valence-corrected chi connectivity index (χ1v) is 10.2. The number of amides is 1. The maximum Gasteiger partial charge on any atom is 0.264 e. The minimum atomic E-state index is -3.53. The highest BCUT2D eigenvalue weighted by molar-refractivity contribution is 7.89. The molecule has 1 N–H and O–H groups in total. The van der Waals surface area contributed by atoms with Crippen LogP contribution in [-0.2, 0) is 23.0 Å². The van der Waals surface area contributed by atoms with Crippen LogP contribution in [0.25, 0.3) is 0 Å². The fraction of sp³-hybridized carbons (Fsp3) is 0.353. The molecule has 0 saturated heterocycles. The summed E-state index contributed by atoms with van der Waals surface area (Å²) in [6.45, 7) is 4.67. The van der Waals surface area contributed by atoms with Crippen LogP contribution in [0.5, 0.6) is 0 Å². The second-order valence-electron chi connectivity index (χ2n) is 6.16. The summed E-state index contributed by atoms with van der Waals surface area (Å²) in [5.74, 6) is 0.00390. The molecule has 1 amide bonds. The van der Waals surface area contributed by atoms with Gasteiger partial charge in [-0.25, -0.2) is 13.1 Å². The van der Waals surface area contributed by atoms with Gasteiger partial charge in [-0.05, 0) is 55.0 Å². The summed E-state index contributed by atoms with van der Waals surface area (Å²) < 4.78 is 27.3. The van der Waals surface area contributed by atoms with E-state index in [9.17, 15) is 13.2 Å². The van der Waals surface area contributed by atoms with Crippen molar-refractivity contribution in [2.24, 2.45) is 0 Å². The van der Waals surface area contributed by atoms with Crippen molar-refractivity contribution >= 4 is 27.3 Å². The minimum absolute atomic E-state index is 0.00390. The van der Waals surface area contributed by atoms with E-state index in [4.69, 9.17) is 0 Å². The first-order valence-electron chi connectivity index (χ1n) is 7.84. The molecule has 2 heterocycles. The number of nitrogens with one attached hydrogen (secondary N) is 1. The zero-order valence-corrected chi connectivity index (χ0v) is 15.3. The predicted octanol–water partition coefficient (Wildman–Crippen LogP) is 2.63. The molecule has 0 radical (unpaired) electrons. The number of benzene rings is 1. The van der Waals surface area contributed by atoms with E-state index in [0.29, 0.717) is 18.0 Å². The van der Waals surface area contributed by atoms with Crippen molar-refractivity contribution in [3.8, 4) is 0 Å². The van der Waals surface area contributed by atoms with Crippen LogP contribution < -0.4 is 4.72 Å². The fourth-order valence-corrected chi connectivity index (χ4v) is 4.80. The molecule has 128 valence electrons. The van der Waals surface area contributed by atoms with E-state index in [1.54, 1.807) is 30.9 Å². The molecule has 1 aliphatic rings. The third kappa shape index (κ3) is 3.53. The molecule has 2 aromatic rings. The lowest BCUT2D eigenvalue weighted by Gasteiger charge is -2.29. The Labute approximate surface area is 146 Å². The summed E-state index contributed by atoms with van der Waals surface area (Å²) in [6, 6.07) is 8.70. The quantitative estimate of drug-likeness (QED) is 0.907. The van der Waals surface area contributed by atoms with Crippen LogP contribution in [0.1, 0.15) is 34.6 Å². The molecule has 24 heavy (non-hydrogen) atoms. The number of sulfonamides is 1. The Kier molecular flexibility index (Phi) is 4.76. The summed E-state index contributed by atoms with van der Waals surface area (Å²) >= 11 is 1.42. The molecule has 5 nitrogen and oxygen atoms in total. The van der Waals surface area contributed by atoms with Gasteiger partial charge in [-0.3, -0.25) is 4.79 Å². The molecule has 7 heteroatoms. The fourth-order valence-electron chi connectivity index (χ4n) is 2.81. The third-order valence-corrected chi connectivity index (χ3v) is 6.42. The molecule has 0 saturated carbocycles. The number of thiophene rings is 1. The monoisotopic (exact) mass is 364 g/mol. The zero-order valence-electron chi connectivity index (χ0n) is 13.7. The largest absolute Gasteiger partial charge is 0.333 e. The number of nitrogens with zero attached hydrogens (tertiary/aromatic N) is 1. The molecule has 1 aromatic carbocycles. The Morgan fingerprint density at radius 2 is 2.04 bits per heavy atom. The van der Waals surface area contributed by atoms with Crippen molar-refractivity contribution in [1.82, 2.24) is 9.62 Å². The SMILES string of the molecule is CC(C)NS(=O)(=O)c1ccc2c(c1)CN(C(=O)c1cccs1)CC2. The van der Waals surface area contributed by atoms with E-state index < -0.39 is 10.0 Å². The van der Waals surface area contributed by atoms with Gasteiger partial charge in [0.2, 0.25) is 10.0 Å². The number of hydrogen-bond acceptors (Lipinski definition) is 4. The predicted molar refractivity (Wildman–Crippen MR) is 94.7 cm³/mol. The number of rotatable bonds is 4. The molecule has 0 unspecified atom stereocenters. The van der Waals surface area contributed by atoms with Gasteiger partial charge < -0.3 is 4.90 Å². The Bertz CT molecular complexity index is 843. The van der Waals surface area contributed by atoms with Crippen molar-refractivity contribution in [2.75, 3.05) is 6.54 Å². The smallest absolute Gasteiger partial charge is 0.264 e. The molecule has 0 bridgehead atoms. The summed E-state index contributed by atoms with van der Waals surface area (Å²) in [5, 5.41) is 1.88. The summed E-state index contributed by atoms with van der Waals surface area (Å²) in [4.78, 5) is 15.2. The van der Waals surface area contributed by atoms with Gasteiger partial charge in [-0.15, -0.1) is 11.3 Å². The molecule has 1 aliphatic heterocycles. The van der Waals surface area contributed by atoms with E-state index in [0.717, 1.165) is 17.5 Å². The van der Waals surface area contributed by atoms with Gasteiger partial charge in [-0.1, -0.05) is 12.1 Å². The van der Waals surface area contributed by atoms with Crippen LogP contribution in [-0.4, -0.2) is 31.8 Å². The van der Waals surface area contributed by atoms with Crippen LogP contribution in [0.15, 0.2) is 40.6 Å². The molecule has 1 aromatic heterocycles. The van der Waals surface area contributed by atoms with Crippen molar-refractivity contribution < 1.29 is 13.2 Å². The average molecular weight is 364 g/mol. The number of fused-ring (bicyclic) bond motifs is 1. The second kappa shape index (κ2) is 6.66. The van der Waals surface area contributed by atoms with Crippen LogP contribution in [0.4, 0.5) is 0 Å². The van der Waals surface area contributed by atoms with Gasteiger partial charge in [0.05, 0.1) is 9.77 Å². The normalized spacial score (nSPS) is 14.7. The van der Waals surface area contributed by atoms with E-state index in [1.807, 2.05) is 23.6 Å².